The molecule has 40 heavy (non-hydrogen) atoms. The standard InChI is InChI=1S/C31H19ClN4O3S/c1-38-25-10-7-19(8-11-25)29-22(17-36(35-29)24-5-3-2-4-6-24)13-21(16-33)30-34-27(18-40-30)26-15-20-14-23(32)9-12-28(20)39-31(26)37/h2-15,17-18H,1H3/b21-13+. The van der Waals surface area contributed by atoms with Crippen molar-refractivity contribution in [2.24, 2.45) is 0 Å². The molecule has 9 heteroatoms. The van der Waals surface area contributed by atoms with Crippen LogP contribution in [-0.4, -0.2) is 21.9 Å². The molecule has 0 aliphatic heterocycles. The van der Waals surface area contributed by atoms with Gasteiger partial charge >= 0.3 is 5.63 Å². The molecule has 7 nitrogen and oxygen atoms in total. The van der Waals surface area contributed by atoms with Crippen LogP contribution in [0.25, 0.3) is 50.8 Å². The Balaban J connectivity index is 1.43. The smallest absolute Gasteiger partial charge is 0.345 e. The molecule has 0 atom stereocenters. The molecule has 194 valence electrons. The molecule has 0 saturated heterocycles. The van der Waals surface area contributed by atoms with Crippen molar-refractivity contribution in [3.8, 4) is 40.0 Å². The van der Waals surface area contributed by atoms with Crippen LogP contribution in [0, 0.1) is 11.3 Å². The Morgan fingerprint density at radius 3 is 2.65 bits per heavy atom. The highest BCUT2D eigenvalue weighted by atomic mass is 35.5. The molecule has 3 heterocycles. The van der Waals surface area contributed by atoms with Crippen LogP contribution < -0.4 is 10.4 Å². The summed E-state index contributed by atoms with van der Waals surface area (Å²) in [5.74, 6) is 0.733. The summed E-state index contributed by atoms with van der Waals surface area (Å²) in [5, 5.41) is 18.4. The van der Waals surface area contributed by atoms with Crippen LogP contribution in [0.3, 0.4) is 0 Å². The lowest BCUT2D eigenvalue weighted by Crippen LogP contribution is -2.02. The predicted octanol–water partition coefficient (Wildman–Crippen LogP) is 7.50. The first-order valence-corrected chi connectivity index (χ1v) is 13.4. The Labute approximate surface area is 237 Å². The fourth-order valence-electron chi connectivity index (χ4n) is 4.27. The minimum atomic E-state index is -0.514. The van der Waals surface area contributed by atoms with Gasteiger partial charge in [-0.25, -0.2) is 14.5 Å². The maximum atomic E-state index is 12.7. The van der Waals surface area contributed by atoms with Gasteiger partial charge in [0.05, 0.1) is 35.3 Å². The quantitative estimate of drug-likeness (QED) is 0.154. The van der Waals surface area contributed by atoms with E-state index in [9.17, 15) is 10.1 Å². The Hall–Kier alpha value is -4.97. The number of aromatic nitrogens is 3. The van der Waals surface area contributed by atoms with Crippen LogP contribution in [0.1, 0.15) is 10.6 Å². The van der Waals surface area contributed by atoms with Crippen molar-refractivity contribution in [1.29, 1.82) is 5.26 Å². The number of hydrogen-bond donors (Lipinski definition) is 0. The average molecular weight is 563 g/mol. The van der Waals surface area contributed by atoms with Gasteiger partial charge in [-0.05, 0) is 66.7 Å². The minimum Gasteiger partial charge on any atom is -0.497 e. The van der Waals surface area contributed by atoms with Crippen LogP contribution in [-0.2, 0) is 0 Å². The first-order valence-electron chi connectivity index (χ1n) is 12.1. The SMILES string of the molecule is COc1ccc(-c2nn(-c3ccccc3)cc2/C=C(\C#N)c2nc(-c3cc4cc(Cl)ccc4oc3=O)cs2)cc1. The van der Waals surface area contributed by atoms with E-state index in [1.54, 1.807) is 47.5 Å². The van der Waals surface area contributed by atoms with Crippen molar-refractivity contribution in [2.75, 3.05) is 7.11 Å². The van der Waals surface area contributed by atoms with Crippen LogP contribution in [0.4, 0.5) is 0 Å². The largest absolute Gasteiger partial charge is 0.497 e. The van der Waals surface area contributed by atoms with E-state index in [2.05, 4.69) is 11.1 Å². The number of fused-ring (bicyclic) bond motifs is 1. The highest BCUT2D eigenvalue weighted by molar-refractivity contribution is 7.11. The summed E-state index contributed by atoms with van der Waals surface area (Å²) in [4.78, 5) is 17.3. The van der Waals surface area contributed by atoms with Crippen LogP contribution >= 0.6 is 22.9 Å². The van der Waals surface area contributed by atoms with Gasteiger partial charge in [-0.1, -0.05) is 29.8 Å². The Kier molecular flexibility index (Phi) is 6.74. The highest BCUT2D eigenvalue weighted by Crippen LogP contribution is 2.31. The molecule has 0 unspecified atom stereocenters. The van der Waals surface area contributed by atoms with E-state index < -0.39 is 5.63 Å². The van der Waals surface area contributed by atoms with E-state index >= 15 is 0 Å². The highest BCUT2D eigenvalue weighted by Gasteiger charge is 2.17. The van der Waals surface area contributed by atoms with E-state index in [0.717, 1.165) is 22.6 Å². The first kappa shape index (κ1) is 25.3. The van der Waals surface area contributed by atoms with Gasteiger partial charge < -0.3 is 9.15 Å². The van der Waals surface area contributed by atoms with Crippen molar-refractivity contribution in [3.63, 3.8) is 0 Å². The summed E-state index contributed by atoms with van der Waals surface area (Å²) in [6, 6.07) is 26.3. The van der Waals surface area contributed by atoms with E-state index in [4.69, 9.17) is 25.9 Å². The topological polar surface area (TPSA) is 93.9 Å². The first-order chi connectivity index (χ1) is 19.5. The lowest BCUT2D eigenvalue weighted by molar-refractivity contribution is 0.415. The molecule has 0 spiro atoms. The fourth-order valence-corrected chi connectivity index (χ4v) is 5.24. The fraction of sp³-hybridized carbons (Fsp3) is 0.0323. The normalized spacial score (nSPS) is 11.5. The molecule has 0 saturated carbocycles. The molecule has 0 aliphatic carbocycles. The van der Waals surface area contributed by atoms with Gasteiger partial charge in [-0.2, -0.15) is 10.4 Å². The van der Waals surface area contributed by atoms with E-state index in [1.165, 1.54) is 11.3 Å². The number of para-hydroxylation sites is 1. The van der Waals surface area contributed by atoms with Crippen LogP contribution in [0.5, 0.6) is 5.75 Å². The molecule has 6 aromatic rings. The molecule has 0 radical (unpaired) electrons. The third-order valence-corrected chi connectivity index (χ3v) is 7.36. The molecule has 0 bridgehead atoms. The van der Waals surface area contributed by atoms with Crippen molar-refractivity contribution in [1.82, 2.24) is 14.8 Å². The number of nitrogens with zero attached hydrogens (tertiary/aromatic N) is 4. The zero-order valence-electron chi connectivity index (χ0n) is 21.0. The zero-order valence-corrected chi connectivity index (χ0v) is 22.6. The number of ether oxygens (including phenoxy) is 1. The average Bonchev–Trinajstić information content (AvgIpc) is 3.64. The molecular weight excluding hydrogens is 544 g/mol. The van der Waals surface area contributed by atoms with Gasteiger partial charge in [-0.15, -0.1) is 11.3 Å². The summed E-state index contributed by atoms with van der Waals surface area (Å²) in [6.45, 7) is 0. The van der Waals surface area contributed by atoms with Crippen LogP contribution in [0.2, 0.25) is 5.02 Å². The maximum Gasteiger partial charge on any atom is 0.345 e. The van der Waals surface area contributed by atoms with Gasteiger partial charge in [-0.3, -0.25) is 0 Å². The number of halogens is 1. The van der Waals surface area contributed by atoms with Gasteiger partial charge in [0.1, 0.15) is 22.4 Å². The number of methoxy groups -OCH3 is 1. The van der Waals surface area contributed by atoms with Crippen LogP contribution in [0.15, 0.2) is 99.7 Å². The van der Waals surface area contributed by atoms with Gasteiger partial charge in [0.25, 0.3) is 0 Å². The molecule has 0 amide bonds. The van der Waals surface area contributed by atoms with Gasteiger partial charge in [0.15, 0.2) is 0 Å². The minimum absolute atomic E-state index is 0.297. The summed E-state index contributed by atoms with van der Waals surface area (Å²) in [5.41, 5.74) is 4.17. The zero-order chi connectivity index (χ0) is 27.6. The number of hydrogen-bond acceptors (Lipinski definition) is 7. The lowest BCUT2D eigenvalue weighted by Gasteiger charge is -2.03. The van der Waals surface area contributed by atoms with Gasteiger partial charge in [0, 0.05) is 33.1 Å². The number of nitriles is 1. The molecule has 6 rings (SSSR count). The lowest BCUT2D eigenvalue weighted by atomic mass is 10.1. The summed E-state index contributed by atoms with van der Waals surface area (Å²) < 4.78 is 12.6. The monoisotopic (exact) mass is 562 g/mol. The number of allylic oxidation sites excluding steroid dienone is 1. The summed E-state index contributed by atoms with van der Waals surface area (Å²) in [7, 11) is 1.62. The summed E-state index contributed by atoms with van der Waals surface area (Å²) >= 11 is 7.39. The molecule has 0 fully saturated rings. The maximum absolute atomic E-state index is 12.7. The van der Waals surface area contributed by atoms with Crippen molar-refractivity contribution in [2.45, 2.75) is 0 Å². The Morgan fingerprint density at radius 2 is 1.90 bits per heavy atom. The second kappa shape index (κ2) is 10.7. The van der Waals surface area contributed by atoms with Gasteiger partial charge in [0.2, 0.25) is 0 Å². The molecular formula is C31H19ClN4O3S. The van der Waals surface area contributed by atoms with Crippen molar-refractivity contribution >= 4 is 45.6 Å². The van der Waals surface area contributed by atoms with Crippen molar-refractivity contribution in [3.05, 3.63) is 116 Å². The number of rotatable bonds is 6. The van der Waals surface area contributed by atoms with Crippen molar-refractivity contribution < 1.29 is 9.15 Å². The molecule has 3 aromatic carbocycles. The molecule has 3 aromatic heterocycles. The predicted molar refractivity (Wildman–Crippen MR) is 158 cm³/mol. The molecule has 0 aliphatic rings. The third kappa shape index (κ3) is 4.92. The van der Waals surface area contributed by atoms with E-state index in [-0.39, 0.29) is 0 Å². The van der Waals surface area contributed by atoms with E-state index in [1.807, 2.05) is 60.8 Å². The summed E-state index contributed by atoms with van der Waals surface area (Å²) in [6.07, 6.45) is 3.64. The number of benzene rings is 3. The second-order valence-electron chi connectivity index (χ2n) is 8.78. The Morgan fingerprint density at radius 1 is 1.10 bits per heavy atom. The molecule has 0 N–H and O–H groups in total. The second-order valence-corrected chi connectivity index (χ2v) is 10.1. The Bertz CT molecular complexity index is 1980. The third-order valence-electron chi connectivity index (χ3n) is 6.25. The number of thiazole rings is 1. The van der Waals surface area contributed by atoms with E-state index in [0.29, 0.717) is 43.5 Å².